The second-order valence-corrected chi connectivity index (χ2v) is 6.87. The van der Waals surface area contributed by atoms with Gasteiger partial charge in [-0.1, -0.05) is 12.8 Å². The summed E-state index contributed by atoms with van der Waals surface area (Å²) in [6, 6.07) is 3.55. The molecule has 1 aromatic carbocycles. The highest BCUT2D eigenvalue weighted by Crippen LogP contribution is 2.27. The third kappa shape index (κ3) is 3.09. The molecule has 0 bridgehead atoms. The summed E-state index contributed by atoms with van der Waals surface area (Å²) < 4.78 is 32.8. The highest BCUT2D eigenvalue weighted by Gasteiger charge is 2.24. The van der Waals surface area contributed by atoms with Gasteiger partial charge in [0.15, 0.2) is 0 Å². The average Bonchev–Trinajstić information content (AvgIpc) is 2.83. The maximum absolute atomic E-state index is 12.4. The van der Waals surface area contributed by atoms with Crippen LogP contribution < -0.4 is 9.46 Å². The van der Waals surface area contributed by atoms with E-state index in [0.29, 0.717) is 10.5 Å². The molecule has 0 aliphatic heterocycles. The van der Waals surface area contributed by atoms with Crippen LogP contribution >= 0.6 is 0 Å². The molecule has 1 N–H and O–H groups in total. The van der Waals surface area contributed by atoms with Crippen LogP contribution in [0.3, 0.4) is 0 Å². The van der Waals surface area contributed by atoms with Crippen molar-refractivity contribution in [3.63, 3.8) is 0 Å². The maximum atomic E-state index is 12.4. The number of rotatable bonds is 4. The fourth-order valence-electron chi connectivity index (χ4n) is 2.60. The van der Waals surface area contributed by atoms with Crippen molar-refractivity contribution in [3.05, 3.63) is 23.3 Å². The van der Waals surface area contributed by atoms with E-state index in [0.717, 1.165) is 37.0 Å². The molecule has 2 rings (SSSR count). The van der Waals surface area contributed by atoms with Gasteiger partial charge in [0.1, 0.15) is 5.75 Å². The maximum Gasteiger partial charge on any atom is 0.241 e. The van der Waals surface area contributed by atoms with Crippen LogP contribution in [0.2, 0.25) is 0 Å². The number of nitrogens with one attached hydrogen (secondary N) is 1. The molecular formula is C14H21NO3S. The van der Waals surface area contributed by atoms with Gasteiger partial charge in [-0.3, -0.25) is 0 Å². The van der Waals surface area contributed by atoms with Crippen molar-refractivity contribution in [3.8, 4) is 5.75 Å². The lowest BCUT2D eigenvalue weighted by Crippen LogP contribution is -2.33. The molecule has 19 heavy (non-hydrogen) atoms. The summed E-state index contributed by atoms with van der Waals surface area (Å²) in [7, 11) is -1.84. The second-order valence-electron chi connectivity index (χ2n) is 5.19. The van der Waals surface area contributed by atoms with Crippen LogP contribution in [0.5, 0.6) is 5.75 Å². The van der Waals surface area contributed by atoms with Crippen molar-refractivity contribution in [1.82, 2.24) is 4.72 Å². The van der Waals surface area contributed by atoms with Crippen molar-refractivity contribution in [2.24, 2.45) is 0 Å². The summed E-state index contributed by atoms with van der Waals surface area (Å²) in [4.78, 5) is 0.359. The highest BCUT2D eigenvalue weighted by atomic mass is 32.2. The monoisotopic (exact) mass is 283 g/mol. The number of benzene rings is 1. The zero-order valence-electron chi connectivity index (χ0n) is 11.7. The topological polar surface area (TPSA) is 55.4 Å². The molecule has 5 heteroatoms. The summed E-state index contributed by atoms with van der Waals surface area (Å²) in [5, 5.41) is 0. The minimum Gasteiger partial charge on any atom is -0.496 e. The Balaban J connectivity index is 2.31. The van der Waals surface area contributed by atoms with Crippen LogP contribution in [0, 0.1) is 13.8 Å². The lowest BCUT2D eigenvalue weighted by molar-refractivity contribution is 0.411. The van der Waals surface area contributed by atoms with Crippen LogP contribution in [-0.4, -0.2) is 21.6 Å². The van der Waals surface area contributed by atoms with E-state index < -0.39 is 10.0 Å². The molecule has 1 aromatic rings. The Hall–Kier alpha value is -1.07. The lowest BCUT2D eigenvalue weighted by atomic mass is 10.1. The van der Waals surface area contributed by atoms with Gasteiger partial charge in [-0.15, -0.1) is 0 Å². The normalized spacial score (nSPS) is 16.8. The first-order valence-corrected chi connectivity index (χ1v) is 8.10. The zero-order valence-corrected chi connectivity index (χ0v) is 12.5. The van der Waals surface area contributed by atoms with Crippen LogP contribution in [0.1, 0.15) is 36.8 Å². The Morgan fingerprint density at radius 3 is 2.37 bits per heavy atom. The van der Waals surface area contributed by atoms with Crippen molar-refractivity contribution < 1.29 is 13.2 Å². The number of hydrogen-bond acceptors (Lipinski definition) is 3. The molecule has 1 aliphatic carbocycles. The quantitative estimate of drug-likeness (QED) is 0.924. The van der Waals surface area contributed by atoms with E-state index in [-0.39, 0.29) is 6.04 Å². The van der Waals surface area contributed by atoms with Gasteiger partial charge < -0.3 is 4.74 Å². The first-order valence-electron chi connectivity index (χ1n) is 6.61. The molecule has 0 radical (unpaired) electrons. The minimum atomic E-state index is -3.43. The molecule has 0 spiro atoms. The van der Waals surface area contributed by atoms with E-state index in [2.05, 4.69) is 4.72 Å². The Labute approximate surface area is 115 Å². The Morgan fingerprint density at radius 2 is 1.79 bits per heavy atom. The highest BCUT2D eigenvalue weighted by molar-refractivity contribution is 7.89. The molecule has 0 amide bonds. The third-order valence-corrected chi connectivity index (χ3v) is 5.32. The molecule has 106 valence electrons. The fraction of sp³-hybridized carbons (Fsp3) is 0.571. The van der Waals surface area contributed by atoms with E-state index in [1.165, 1.54) is 0 Å². The summed E-state index contributed by atoms with van der Waals surface area (Å²) in [6.45, 7) is 3.65. The lowest BCUT2D eigenvalue weighted by Gasteiger charge is -2.16. The summed E-state index contributed by atoms with van der Waals surface area (Å²) in [5.74, 6) is 0.720. The second kappa shape index (κ2) is 5.51. The summed E-state index contributed by atoms with van der Waals surface area (Å²) >= 11 is 0. The first-order chi connectivity index (χ1) is 8.94. The van der Waals surface area contributed by atoms with Crippen molar-refractivity contribution in [2.75, 3.05) is 7.11 Å². The molecule has 0 aromatic heterocycles. The largest absolute Gasteiger partial charge is 0.496 e. The van der Waals surface area contributed by atoms with E-state index in [4.69, 9.17) is 4.74 Å². The molecule has 0 atom stereocenters. The molecule has 1 saturated carbocycles. The van der Waals surface area contributed by atoms with Gasteiger partial charge in [0.2, 0.25) is 10.0 Å². The smallest absolute Gasteiger partial charge is 0.241 e. The average molecular weight is 283 g/mol. The van der Waals surface area contributed by atoms with Crippen LogP contribution in [0.25, 0.3) is 0 Å². The minimum absolute atomic E-state index is 0.0896. The molecule has 0 heterocycles. The van der Waals surface area contributed by atoms with Crippen LogP contribution in [-0.2, 0) is 10.0 Å². The van der Waals surface area contributed by atoms with Gasteiger partial charge in [-0.2, -0.15) is 0 Å². The summed E-state index contributed by atoms with van der Waals surface area (Å²) in [6.07, 6.45) is 4.09. The zero-order chi connectivity index (χ0) is 14.0. The molecule has 1 aliphatic rings. The van der Waals surface area contributed by atoms with Crippen LogP contribution in [0.15, 0.2) is 17.0 Å². The van der Waals surface area contributed by atoms with E-state index in [9.17, 15) is 8.42 Å². The van der Waals surface area contributed by atoms with Crippen molar-refractivity contribution in [2.45, 2.75) is 50.5 Å². The summed E-state index contributed by atoms with van der Waals surface area (Å²) in [5.41, 5.74) is 1.55. The number of sulfonamides is 1. The number of hydrogen-bond donors (Lipinski definition) is 1. The van der Waals surface area contributed by atoms with Gasteiger partial charge in [-0.05, 0) is 49.9 Å². The van der Waals surface area contributed by atoms with E-state index >= 15 is 0 Å². The molecular weight excluding hydrogens is 262 g/mol. The number of aryl methyl sites for hydroxylation is 2. The number of ether oxygens (including phenoxy) is 1. The standard InChI is InChI=1S/C14H21NO3S/c1-10-9-14(11(2)8-13(10)18-3)19(16,17)15-12-6-4-5-7-12/h8-9,12,15H,4-7H2,1-3H3. The van der Waals surface area contributed by atoms with Crippen molar-refractivity contribution >= 4 is 10.0 Å². The van der Waals surface area contributed by atoms with Gasteiger partial charge in [0, 0.05) is 6.04 Å². The Bertz CT molecular complexity index is 560. The molecule has 0 saturated heterocycles. The van der Waals surface area contributed by atoms with Gasteiger partial charge in [0.25, 0.3) is 0 Å². The van der Waals surface area contributed by atoms with E-state index in [1.807, 2.05) is 6.92 Å². The van der Waals surface area contributed by atoms with Gasteiger partial charge in [-0.25, -0.2) is 13.1 Å². The van der Waals surface area contributed by atoms with Gasteiger partial charge in [0.05, 0.1) is 12.0 Å². The predicted octanol–water partition coefficient (Wildman–Crippen LogP) is 2.53. The Kier molecular flexibility index (Phi) is 4.16. The van der Waals surface area contributed by atoms with E-state index in [1.54, 1.807) is 26.2 Å². The fourth-order valence-corrected chi connectivity index (χ4v) is 4.22. The first kappa shape index (κ1) is 14.3. The molecule has 0 unspecified atom stereocenters. The third-order valence-electron chi connectivity index (χ3n) is 3.66. The van der Waals surface area contributed by atoms with Gasteiger partial charge >= 0.3 is 0 Å². The van der Waals surface area contributed by atoms with Crippen LogP contribution in [0.4, 0.5) is 0 Å². The number of methoxy groups -OCH3 is 1. The molecule has 4 nitrogen and oxygen atoms in total. The molecule has 1 fully saturated rings. The predicted molar refractivity (Wildman–Crippen MR) is 75.0 cm³/mol. The SMILES string of the molecule is COc1cc(C)c(S(=O)(=O)NC2CCCC2)cc1C. The Morgan fingerprint density at radius 1 is 1.16 bits per heavy atom. The van der Waals surface area contributed by atoms with Crippen molar-refractivity contribution in [1.29, 1.82) is 0 Å².